The van der Waals surface area contributed by atoms with Gasteiger partial charge in [-0.25, -0.2) is 13.1 Å². The molecule has 0 fully saturated rings. The second-order valence-corrected chi connectivity index (χ2v) is 8.22. The Kier molecular flexibility index (Phi) is 6.05. The van der Waals surface area contributed by atoms with E-state index in [-0.39, 0.29) is 11.4 Å². The molecule has 118 valence electrons. The summed E-state index contributed by atoms with van der Waals surface area (Å²) in [6.07, 6.45) is 1.80. The van der Waals surface area contributed by atoms with Crippen molar-refractivity contribution in [1.82, 2.24) is 4.72 Å². The Balaban J connectivity index is 2.26. The standard InChI is InChI=1S/C14H12Cl3NO2S2/c1-21-13-5-4-11(16)7-14(13)22(19,20)18-8-9-2-3-10(15)6-12(9)17/h2-7,18H,8H2,1H3. The van der Waals surface area contributed by atoms with Crippen LogP contribution in [0.15, 0.2) is 46.2 Å². The van der Waals surface area contributed by atoms with Crippen LogP contribution in [0.1, 0.15) is 5.56 Å². The summed E-state index contributed by atoms with van der Waals surface area (Å²) in [5.74, 6) is 0. The minimum absolute atomic E-state index is 0.0681. The molecule has 0 amide bonds. The molecule has 3 nitrogen and oxygen atoms in total. The van der Waals surface area contributed by atoms with E-state index in [1.165, 1.54) is 17.8 Å². The van der Waals surface area contributed by atoms with Gasteiger partial charge in [-0.3, -0.25) is 0 Å². The predicted molar refractivity (Wildman–Crippen MR) is 93.7 cm³/mol. The number of halogens is 3. The lowest BCUT2D eigenvalue weighted by atomic mass is 10.2. The number of thioether (sulfide) groups is 1. The Morgan fingerprint density at radius 1 is 1.05 bits per heavy atom. The maximum Gasteiger partial charge on any atom is 0.242 e. The SMILES string of the molecule is CSc1ccc(Cl)cc1S(=O)(=O)NCc1ccc(Cl)cc1Cl. The van der Waals surface area contributed by atoms with E-state index in [2.05, 4.69) is 4.72 Å². The molecule has 22 heavy (non-hydrogen) atoms. The van der Waals surface area contributed by atoms with Crippen LogP contribution in [0.3, 0.4) is 0 Å². The Bertz CT molecular complexity index is 795. The van der Waals surface area contributed by atoms with E-state index < -0.39 is 10.0 Å². The first-order valence-corrected chi connectivity index (χ1v) is 9.95. The van der Waals surface area contributed by atoms with E-state index in [1.54, 1.807) is 36.6 Å². The second kappa shape index (κ2) is 7.43. The molecule has 0 bridgehead atoms. The highest BCUT2D eigenvalue weighted by atomic mass is 35.5. The predicted octanol–water partition coefficient (Wildman–Crippen LogP) is 4.85. The van der Waals surface area contributed by atoms with E-state index in [4.69, 9.17) is 34.8 Å². The Labute approximate surface area is 149 Å². The molecule has 0 saturated heterocycles. The van der Waals surface area contributed by atoms with Crippen molar-refractivity contribution in [2.45, 2.75) is 16.3 Å². The van der Waals surface area contributed by atoms with Gasteiger partial charge in [0.05, 0.1) is 4.90 Å². The largest absolute Gasteiger partial charge is 0.242 e. The number of rotatable bonds is 5. The first kappa shape index (κ1) is 17.9. The molecule has 0 aliphatic carbocycles. The van der Waals surface area contributed by atoms with Gasteiger partial charge in [0.2, 0.25) is 10.0 Å². The van der Waals surface area contributed by atoms with Crippen LogP contribution in [0, 0.1) is 0 Å². The smallest absolute Gasteiger partial charge is 0.207 e. The van der Waals surface area contributed by atoms with Crippen LogP contribution in [0.2, 0.25) is 15.1 Å². The van der Waals surface area contributed by atoms with Gasteiger partial charge in [-0.1, -0.05) is 40.9 Å². The van der Waals surface area contributed by atoms with Crippen LogP contribution in [0.4, 0.5) is 0 Å². The lowest BCUT2D eigenvalue weighted by Gasteiger charge is -2.11. The normalized spacial score (nSPS) is 11.6. The summed E-state index contributed by atoms with van der Waals surface area (Å²) in [6, 6.07) is 9.67. The highest BCUT2D eigenvalue weighted by Gasteiger charge is 2.19. The lowest BCUT2D eigenvalue weighted by Crippen LogP contribution is -2.24. The summed E-state index contributed by atoms with van der Waals surface area (Å²) in [6.45, 7) is 0.0681. The number of sulfonamides is 1. The van der Waals surface area contributed by atoms with Crippen LogP contribution >= 0.6 is 46.6 Å². The summed E-state index contributed by atoms with van der Waals surface area (Å²) < 4.78 is 27.5. The Hall–Kier alpha value is -0.430. The highest BCUT2D eigenvalue weighted by molar-refractivity contribution is 7.99. The first-order valence-electron chi connectivity index (χ1n) is 6.10. The lowest BCUT2D eigenvalue weighted by molar-refractivity contribution is 0.579. The zero-order valence-electron chi connectivity index (χ0n) is 11.4. The summed E-state index contributed by atoms with van der Waals surface area (Å²) >= 11 is 19.1. The van der Waals surface area contributed by atoms with Crippen LogP contribution < -0.4 is 4.72 Å². The van der Waals surface area contributed by atoms with E-state index in [1.807, 2.05) is 0 Å². The average Bonchev–Trinajstić information content (AvgIpc) is 2.46. The molecule has 0 radical (unpaired) electrons. The van der Waals surface area contributed by atoms with Gasteiger partial charge in [-0.05, 0) is 42.2 Å². The molecular formula is C14H12Cl3NO2S2. The van der Waals surface area contributed by atoms with Crippen molar-refractivity contribution in [3.8, 4) is 0 Å². The Morgan fingerprint density at radius 3 is 2.32 bits per heavy atom. The third kappa shape index (κ3) is 4.31. The van der Waals surface area contributed by atoms with Crippen molar-refractivity contribution in [3.05, 3.63) is 57.0 Å². The number of nitrogens with one attached hydrogen (secondary N) is 1. The van der Waals surface area contributed by atoms with Gasteiger partial charge in [0.1, 0.15) is 0 Å². The van der Waals surface area contributed by atoms with Crippen molar-refractivity contribution in [2.24, 2.45) is 0 Å². The number of benzene rings is 2. The quantitative estimate of drug-likeness (QED) is 0.735. The molecule has 0 aliphatic rings. The van der Waals surface area contributed by atoms with Gasteiger partial charge in [-0.2, -0.15) is 0 Å². The van der Waals surface area contributed by atoms with Crippen LogP contribution in [0.25, 0.3) is 0 Å². The summed E-state index contributed by atoms with van der Waals surface area (Å²) in [4.78, 5) is 0.775. The molecule has 0 saturated carbocycles. The van der Waals surface area contributed by atoms with Gasteiger partial charge in [0, 0.05) is 26.5 Å². The van der Waals surface area contributed by atoms with Gasteiger partial charge in [0.15, 0.2) is 0 Å². The number of hydrogen-bond donors (Lipinski definition) is 1. The molecule has 0 atom stereocenters. The van der Waals surface area contributed by atoms with Crippen molar-refractivity contribution in [3.63, 3.8) is 0 Å². The van der Waals surface area contributed by atoms with Crippen molar-refractivity contribution in [2.75, 3.05) is 6.26 Å². The third-order valence-electron chi connectivity index (χ3n) is 2.88. The van der Waals surface area contributed by atoms with Gasteiger partial charge < -0.3 is 0 Å². The van der Waals surface area contributed by atoms with E-state index in [0.717, 1.165) is 0 Å². The fourth-order valence-corrected chi connectivity index (χ4v) is 4.65. The summed E-state index contributed by atoms with van der Waals surface area (Å²) in [5.41, 5.74) is 0.641. The van der Waals surface area contributed by atoms with Crippen molar-refractivity contribution >= 4 is 56.6 Å². The monoisotopic (exact) mass is 395 g/mol. The van der Waals surface area contributed by atoms with E-state index in [9.17, 15) is 8.42 Å². The topological polar surface area (TPSA) is 46.2 Å². The van der Waals surface area contributed by atoms with E-state index >= 15 is 0 Å². The van der Waals surface area contributed by atoms with Crippen molar-refractivity contribution < 1.29 is 8.42 Å². The van der Waals surface area contributed by atoms with Gasteiger partial charge >= 0.3 is 0 Å². The molecule has 0 aromatic heterocycles. The summed E-state index contributed by atoms with van der Waals surface area (Å²) in [7, 11) is -3.70. The molecule has 8 heteroatoms. The molecule has 2 rings (SSSR count). The molecule has 2 aromatic rings. The first-order chi connectivity index (χ1) is 10.3. The maximum atomic E-state index is 12.5. The van der Waals surface area contributed by atoms with Crippen LogP contribution in [0.5, 0.6) is 0 Å². The van der Waals surface area contributed by atoms with Gasteiger partial charge in [-0.15, -0.1) is 11.8 Å². The molecule has 0 spiro atoms. The molecule has 0 heterocycles. The highest BCUT2D eigenvalue weighted by Crippen LogP contribution is 2.28. The minimum atomic E-state index is -3.70. The van der Waals surface area contributed by atoms with Crippen LogP contribution in [-0.2, 0) is 16.6 Å². The average molecular weight is 397 g/mol. The fraction of sp³-hybridized carbons (Fsp3) is 0.143. The fourth-order valence-electron chi connectivity index (χ4n) is 1.78. The Morgan fingerprint density at radius 2 is 1.68 bits per heavy atom. The summed E-state index contributed by atoms with van der Waals surface area (Å²) in [5, 5.41) is 1.27. The van der Waals surface area contributed by atoms with Crippen molar-refractivity contribution in [1.29, 1.82) is 0 Å². The zero-order valence-corrected chi connectivity index (χ0v) is 15.3. The second-order valence-electron chi connectivity index (χ2n) is 4.36. The van der Waals surface area contributed by atoms with Crippen LogP contribution in [-0.4, -0.2) is 14.7 Å². The molecule has 1 N–H and O–H groups in total. The molecular weight excluding hydrogens is 385 g/mol. The maximum absolute atomic E-state index is 12.5. The van der Waals surface area contributed by atoms with Gasteiger partial charge in [0.25, 0.3) is 0 Å². The minimum Gasteiger partial charge on any atom is -0.207 e. The zero-order chi connectivity index (χ0) is 16.3. The third-order valence-corrected chi connectivity index (χ3v) is 6.07. The molecule has 0 unspecified atom stereocenters. The molecule has 0 aliphatic heterocycles. The number of hydrogen-bond acceptors (Lipinski definition) is 3. The van der Waals surface area contributed by atoms with E-state index in [0.29, 0.717) is 25.5 Å². The molecule has 2 aromatic carbocycles.